The smallest absolute Gasteiger partial charge is 0.375 e. The molecule has 0 unspecified atom stereocenters. The van der Waals surface area contributed by atoms with Gasteiger partial charge in [-0.25, -0.2) is 17.5 Å². The van der Waals surface area contributed by atoms with Crippen LogP contribution in [0.25, 0.3) is 0 Å². The van der Waals surface area contributed by atoms with E-state index in [0.717, 1.165) is 4.31 Å². The number of hydrogen-bond acceptors (Lipinski definition) is 6. The van der Waals surface area contributed by atoms with Gasteiger partial charge in [0.1, 0.15) is 5.60 Å². The van der Waals surface area contributed by atoms with E-state index in [-0.39, 0.29) is 16.5 Å². The third-order valence-corrected chi connectivity index (χ3v) is 7.88. The maximum absolute atomic E-state index is 13.2. The lowest BCUT2D eigenvalue weighted by Gasteiger charge is -2.25. The van der Waals surface area contributed by atoms with Gasteiger partial charge in [0.25, 0.3) is 0 Å². The molecule has 0 aliphatic carbocycles. The van der Waals surface area contributed by atoms with Crippen LogP contribution in [0.5, 0.6) is 0 Å². The second-order valence-electron chi connectivity index (χ2n) is 8.61. The van der Waals surface area contributed by atoms with E-state index in [1.165, 1.54) is 43.3 Å². The molecule has 35 heavy (non-hydrogen) atoms. The number of ether oxygens (including phenoxy) is 1. The zero-order chi connectivity index (χ0) is 26.6. The number of Topliss-reactive ketones (excluding diaryl/α,β-unsaturated/α-hetero) is 1. The van der Waals surface area contributed by atoms with Gasteiger partial charge in [-0.3, -0.25) is 9.59 Å². The van der Waals surface area contributed by atoms with E-state index in [0.29, 0.717) is 22.7 Å². The number of esters is 1. The molecule has 2 aromatic carbocycles. The number of hydrogen-bond donors (Lipinski definition) is 0. The van der Waals surface area contributed by atoms with Gasteiger partial charge in [-0.05, 0) is 62.2 Å². The van der Waals surface area contributed by atoms with Crippen molar-refractivity contribution in [3.63, 3.8) is 0 Å². The van der Waals surface area contributed by atoms with E-state index in [2.05, 4.69) is 0 Å². The standard InChI is InChI=1S/C24H28Cl2N2O6S/c1-6-24(2,3)34-23(31)21(29)14-22(30)28(15-16-7-12-19(25)20(26)13-16)17-8-10-18(11-9-17)35(32,33)27(4)5/h7-13H,6,14-15H2,1-5H3. The van der Waals surface area contributed by atoms with E-state index >= 15 is 0 Å². The number of carbonyl (C=O) groups excluding carboxylic acids is 3. The third kappa shape index (κ3) is 7.51. The molecule has 190 valence electrons. The summed E-state index contributed by atoms with van der Waals surface area (Å²) in [5.74, 6) is -2.75. The van der Waals surface area contributed by atoms with Crippen molar-refractivity contribution < 1.29 is 27.5 Å². The van der Waals surface area contributed by atoms with Gasteiger partial charge in [0.05, 0.1) is 27.9 Å². The zero-order valence-electron chi connectivity index (χ0n) is 20.2. The Labute approximate surface area is 215 Å². The molecular formula is C24H28Cl2N2O6S. The van der Waals surface area contributed by atoms with Gasteiger partial charge < -0.3 is 9.64 Å². The SMILES string of the molecule is CCC(C)(C)OC(=O)C(=O)CC(=O)N(Cc1ccc(Cl)c(Cl)c1)c1ccc(S(=O)(=O)N(C)C)cc1. The molecule has 0 heterocycles. The second-order valence-corrected chi connectivity index (χ2v) is 11.6. The number of benzene rings is 2. The van der Waals surface area contributed by atoms with Crippen LogP contribution in [0.4, 0.5) is 5.69 Å². The Balaban J connectivity index is 2.36. The maximum Gasteiger partial charge on any atom is 0.375 e. The Hall–Kier alpha value is -2.46. The minimum absolute atomic E-state index is 0.00171. The molecule has 8 nitrogen and oxygen atoms in total. The number of nitrogens with zero attached hydrogens (tertiary/aromatic N) is 2. The summed E-state index contributed by atoms with van der Waals surface area (Å²) in [5, 5.41) is 0.619. The molecule has 0 saturated heterocycles. The molecule has 0 spiro atoms. The summed E-state index contributed by atoms with van der Waals surface area (Å²) in [6.07, 6.45) is -0.233. The minimum Gasteiger partial charge on any atom is -0.454 e. The average molecular weight is 543 g/mol. The number of anilines is 1. The Kier molecular flexibility index (Phi) is 9.47. The van der Waals surface area contributed by atoms with Crippen LogP contribution in [-0.4, -0.2) is 50.1 Å². The Bertz CT molecular complexity index is 1210. The minimum atomic E-state index is -3.68. The Morgan fingerprint density at radius 2 is 1.57 bits per heavy atom. The summed E-state index contributed by atoms with van der Waals surface area (Å²) in [4.78, 5) is 39.1. The molecule has 1 amide bonds. The first-order chi connectivity index (χ1) is 16.2. The van der Waals surface area contributed by atoms with Crippen molar-refractivity contribution >= 4 is 56.6 Å². The van der Waals surface area contributed by atoms with Crippen LogP contribution >= 0.6 is 23.2 Å². The highest BCUT2D eigenvalue weighted by molar-refractivity contribution is 7.89. The molecule has 0 N–H and O–H groups in total. The van der Waals surface area contributed by atoms with Gasteiger partial charge >= 0.3 is 5.97 Å². The molecule has 0 aliphatic heterocycles. The van der Waals surface area contributed by atoms with Crippen molar-refractivity contribution in [3.05, 3.63) is 58.1 Å². The van der Waals surface area contributed by atoms with Crippen molar-refractivity contribution in [1.82, 2.24) is 4.31 Å². The lowest BCUT2D eigenvalue weighted by Crippen LogP contribution is -2.36. The highest BCUT2D eigenvalue weighted by Crippen LogP contribution is 2.26. The molecule has 2 rings (SSSR count). The Morgan fingerprint density at radius 1 is 0.971 bits per heavy atom. The Morgan fingerprint density at radius 3 is 2.09 bits per heavy atom. The van der Waals surface area contributed by atoms with Gasteiger partial charge in [0.2, 0.25) is 21.7 Å². The summed E-state index contributed by atoms with van der Waals surface area (Å²) in [6, 6.07) is 10.4. The van der Waals surface area contributed by atoms with Crippen molar-refractivity contribution in [2.45, 2.75) is 50.7 Å². The fourth-order valence-electron chi connectivity index (χ4n) is 2.84. The highest BCUT2D eigenvalue weighted by atomic mass is 35.5. The summed E-state index contributed by atoms with van der Waals surface area (Å²) >= 11 is 12.1. The predicted molar refractivity (Wildman–Crippen MR) is 135 cm³/mol. The van der Waals surface area contributed by atoms with Crippen molar-refractivity contribution in [2.75, 3.05) is 19.0 Å². The molecule has 0 atom stereocenters. The highest BCUT2D eigenvalue weighted by Gasteiger charge is 2.29. The van der Waals surface area contributed by atoms with Gasteiger partial charge in [-0.1, -0.05) is 36.2 Å². The monoisotopic (exact) mass is 542 g/mol. The average Bonchev–Trinajstić information content (AvgIpc) is 2.79. The predicted octanol–water partition coefficient (Wildman–Crippen LogP) is 4.47. The van der Waals surface area contributed by atoms with Crippen LogP contribution in [0.3, 0.4) is 0 Å². The molecule has 0 fully saturated rings. The van der Waals surface area contributed by atoms with E-state index in [9.17, 15) is 22.8 Å². The van der Waals surface area contributed by atoms with E-state index < -0.39 is 39.7 Å². The fraction of sp³-hybridized carbons (Fsp3) is 0.375. The number of sulfonamides is 1. The van der Waals surface area contributed by atoms with Gasteiger partial charge in [0, 0.05) is 19.8 Å². The molecule has 0 saturated carbocycles. The normalized spacial score (nSPS) is 11.9. The molecule has 0 radical (unpaired) electrons. The van der Waals surface area contributed by atoms with Gasteiger partial charge in [-0.15, -0.1) is 0 Å². The zero-order valence-corrected chi connectivity index (χ0v) is 22.5. The number of rotatable bonds is 10. The van der Waals surface area contributed by atoms with E-state index in [1.54, 1.807) is 32.0 Å². The van der Waals surface area contributed by atoms with Crippen molar-refractivity contribution in [2.24, 2.45) is 0 Å². The van der Waals surface area contributed by atoms with Gasteiger partial charge in [-0.2, -0.15) is 0 Å². The summed E-state index contributed by atoms with van der Waals surface area (Å²) in [6.45, 7) is 5.14. The van der Waals surface area contributed by atoms with Gasteiger partial charge in [0.15, 0.2) is 0 Å². The first-order valence-electron chi connectivity index (χ1n) is 10.7. The van der Waals surface area contributed by atoms with Crippen LogP contribution in [0.15, 0.2) is 47.4 Å². The molecular weight excluding hydrogens is 515 g/mol. The lowest BCUT2D eigenvalue weighted by atomic mass is 10.1. The van der Waals surface area contributed by atoms with Crippen molar-refractivity contribution in [3.8, 4) is 0 Å². The number of ketones is 1. The maximum atomic E-state index is 13.2. The molecule has 0 aromatic heterocycles. The molecule has 11 heteroatoms. The largest absolute Gasteiger partial charge is 0.454 e. The second kappa shape index (κ2) is 11.5. The first kappa shape index (κ1) is 28.8. The third-order valence-electron chi connectivity index (χ3n) is 5.31. The molecule has 2 aromatic rings. The molecule has 0 aliphatic rings. The fourth-order valence-corrected chi connectivity index (χ4v) is 4.06. The van der Waals surface area contributed by atoms with Crippen molar-refractivity contribution in [1.29, 1.82) is 0 Å². The van der Waals surface area contributed by atoms with Crippen LogP contribution in [-0.2, 0) is 35.7 Å². The topological polar surface area (TPSA) is 101 Å². The van der Waals surface area contributed by atoms with E-state index in [4.69, 9.17) is 27.9 Å². The van der Waals surface area contributed by atoms with Crippen LogP contribution < -0.4 is 4.90 Å². The number of amides is 1. The van der Waals surface area contributed by atoms with Crippen LogP contribution in [0, 0.1) is 0 Å². The lowest BCUT2D eigenvalue weighted by molar-refractivity contribution is -0.164. The number of halogens is 2. The van der Waals surface area contributed by atoms with Crippen LogP contribution in [0.2, 0.25) is 10.0 Å². The molecule has 0 bridgehead atoms. The first-order valence-corrected chi connectivity index (χ1v) is 12.9. The summed E-state index contributed by atoms with van der Waals surface area (Å²) in [7, 11) is -0.855. The quantitative estimate of drug-likeness (QED) is 0.249. The van der Waals surface area contributed by atoms with E-state index in [1.807, 2.05) is 6.92 Å². The number of carbonyl (C=O) groups is 3. The summed E-state index contributed by atoms with van der Waals surface area (Å²) in [5.41, 5.74) is 0.0947. The van der Waals surface area contributed by atoms with Crippen LogP contribution in [0.1, 0.15) is 39.2 Å². The summed E-state index contributed by atoms with van der Waals surface area (Å²) < 4.78 is 31.0.